The summed E-state index contributed by atoms with van der Waals surface area (Å²) < 4.78 is 5.50. The van der Waals surface area contributed by atoms with Crippen LogP contribution >= 0.6 is 11.8 Å². The lowest BCUT2D eigenvalue weighted by Crippen LogP contribution is -2.28. The Labute approximate surface area is 138 Å². The van der Waals surface area contributed by atoms with Gasteiger partial charge in [-0.05, 0) is 36.1 Å². The lowest BCUT2D eigenvalue weighted by Gasteiger charge is -2.12. The van der Waals surface area contributed by atoms with Crippen LogP contribution in [0, 0.1) is 0 Å². The number of para-hydroxylation sites is 1. The molecule has 5 heteroatoms. The minimum atomic E-state index is -0.751. The Bertz CT molecular complexity index is 778. The van der Waals surface area contributed by atoms with Crippen molar-refractivity contribution < 1.29 is 14.3 Å². The zero-order valence-electron chi connectivity index (χ0n) is 12.7. The molecule has 2 aromatic carbocycles. The molecule has 4 nitrogen and oxygen atoms in total. The highest BCUT2D eigenvalue weighted by Crippen LogP contribution is 2.20. The monoisotopic (exact) mass is 327 g/mol. The quantitative estimate of drug-likeness (QED) is 0.703. The van der Waals surface area contributed by atoms with Gasteiger partial charge in [0.05, 0.1) is 6.10 Å². The second-order valence-corrected chi connectivity index (χ2v) is 6.03. The molecular formula is C18H17NO3S. The van der Waals surface area contributed by atoms with Gasteiger partial charge in [0.1, 0.15) is 5.58 Å². The van der Waals surface area contributed by atoms with E-state index in [1.807, 2.05) is 54.8 Å². The van der Waals surface area contributed by atoms with Gasteiger partial charge in [-0.25, -0.2) is 0 Å². The molecule has 0 unspecified atom stereocenters. The molecule has 1 amide bonds. The zero-order valence-corrected chi connectivity index (χ0v) is 13.5. The maximum atomic E-state index is 12.1. The molecule has 0 bridgehead atoms. The van der Waals surface area contributed by atoms with Gasteiger partial charge in [-0.1, -0.05) is 30.3 Å². The fourth-order valence-corrected chi connectivity index (χ4v) is 2.72. The van der Waals surface area contributed by atoms with Gasteiger partial charge in [0, 0.05) is 16.8 Å². The average molecular weight is 327 g/mol. The van der Waals surface area contributed by atoms with E-state index in [1.54, 1.807) is 17.8 Å². The van der Waals surface area contributed by atoms with Gasteiger partial charge in [-0.15, -0.1) is 11.8 Å². The molecule has 23 heavy (non-hydrogen) atoms. The summed E-state index contributed by atoms with van der Waals surface area (Å²) >= 11 is 1.64. The molecule has 0 saturated heterocycles. The van der Waals surface area contributed by atoms with Gasteiger partial charge in [-0.3, -0.25) is 4.79 Å². The fraction of sp³-hybridized carbons (Fsp3) is 0.167. The largest absolute Gasteiger partial charge is 0.451 e. The van der Waals surface area contributed by atoms with E-state index < -0.39 is 6.10 Å². The van der Waals surface area contributed by atoms with Crippen LogP contribution in [0.2, 0.25) is 0 Å². The Hall–Kier alpha value is -2.24. The van der Waals surface area contributed by atoms with Gasteiger partial charge >= 0.3 is 0 Å². The smallest absolute Gasteiger partial charge is 0.287 e. The summed E-state index contributed by atoms with van der Waals surface area (Å²) in [4.78, 5) is 13.3. The van der Waals surface area contributed by atoms with Crippen molar-refractivity contribution in [2.45, 2.75) is 11.0 Å². The number of thioether (sulfide) groups is 1. The highest BCUT2D eigenvalue weighted by atomic mass is 32.2. The first-order valence-corrected chi connectivity index (χ1v) is 8.48. The maximum Gasteiger partial charge on any atom is 0.287 e. The Balaban J connectivity index is 1.63. The molecule has 2 N–H and O–H groups in total. The van der Waals surface area contributed by atoms with E-state index in [1.165, 1.54) is 0 Å². The Morgan fingerprint density at radius 1 is 1.22 bits per heavy atom. The van der Waals surface area contributed by atoms with Crippen molar-refractivity contribution in [2.75, 3.05) is 12.8 Å². The zero-order chi connectivity index (χ0) is 16.2. The minimum absolute atomic E-state index is 0.133. The second-order valence-electron chi connectivity index (χ2n) is 5.15. The molecule has 1 heterocycles. The first kappa shape index (κ1) is 15.6. The predicted molar refractivity (Wildman–Crippen MR) is 91.7 cm³/mol. The van der Waals surface area contributed by atoms with Gasteiger partial charge < -0.3 is 14.8 Å². The number of rotatable bonds is 5. The molecular weight excluding hydrogens is 310 g/mol. The normalized spacial score (nSPS) is 12.3. The van der Waals surface area contributed by atoms with E-state index in [4.69, 9.17) is 4.42 Å². The van der Waals surface area contributed by atoms with Crippen LogP contribution in [0.3, 0.4) is 0 Å². The molecule has 0 saturated carbocycles. The third-order valence-corrected chi connectivity index (χ3v) is 4.35. The number of fused-ring (bicyclic) bond motifs is 1. The minimum Gasteiger partial charge on any atom is -0.451 e. The number of carbonyl (C=O) groups excluding carboxylic acids is 1. The number of amides is 1. The van der Waals surface area contributed by atoms with Gasteiger partial charge in [-0.2, -0.15) is 0 Å². The van der Waals surface area contributed by atoms with Crippen molar-refractivity contribution in [1.29, 1.82) is 0 Å². The molecule has 1 atom stereocenters. The van der Waals surface area contributed by atoms with Crippen molar-refractivity contribution in [3.8, 4) is 0 Å². The number of hydrogen-bond acceptors (Lipinski definition) is 4. The number of furan rings is 1. The van der Waals surface area contributed by atoms with E-state index in [9.17, 15) is 9.90 Å². The molecule has 0 fully saturated rings. The number of aliphatic hydroxyl groups excluding tert-OH is 1. The standard InChI is InChI=1S/C18H17NO3S/c1-23-14-8-6-12(7-9-14)15(20)11-19-18(21)17-10-13-4-2-3-5-16(13)22-17/h2-10,15,20H,11H2,1H3,(H,19,21)/t15-/m0/s1. The second kappa shape index (κ2) is 6.89. The molecule has 0 aliphatic rings. The molecule has 0 radical (unpaired) electrons. The van der Waals surface area contributed by atoms with Crippen molar-refractivity contribution in [3.05, 3.63) is 65.9 Å². The topological polar surface area (TPSA) is 62.5 Å². The fourth-order valence-electron chi connectivity index (χ4n) is 2.31. The third kappa shape index (κ3) is 3.57. The Kier molecular flexibility index (Phi) is 4.69. The summed E-state index contributed by atoms with van der Waals surface area (Å²) in [6.45, 7) is 0.133. The van der Waals surface area contributed by atoms with Gasteiger partial charge in [0.2, 0.25) is 0 Å². The van der Waals surface area contributed by atoms with Crippen molar-refractivity contribution >= 4 is 28.6 Å². The summed E-state index contributed by atoms with van der Waals surface area (Å²) in [5.41, 5.74) is 1.44. The van der Waals surface area contributed by atoms with Crippen LogP contribution in [0.25, 0.3) is 11.0 Å². The molecule has 3 rings (SSSR count). The number of nitrogens with one attached hydrogen (secondary N) is 1. The Morgan fingerprint density at radius 2 is 1.96 bits per heavy atom. The highest BCUT2D eigenvalue weighted by Gasteiger charge is 2.14. The first-order valence-electron chi connectivity index (χ1n) is 7.26. The van der Waals surface area contributed by atoms with E-state index in [2.05, 4.69) is 5.32 Å². The lowest BCUT2D eigenvalue weighted by atomic mass is 10.1. The summed E-state index contributed by atoms with van der Waals surface area (Å²) in [7, 11) is 0. The molecule has 118 valence electrons. The van der Waals surface area contributed by atoms with Crippen LogP contribution in [0.4, 0.5) is 0 Å². The first-order chi connectivity index (χ1) is 11.2. The summed E-state index contributed by atoms with van der Waals surface area (Å²) in [6, 6.07) is 16.8. The molecule has 0 spiro atoms. The van der Waals surface area contributed by atoms with Crippen molar-refractivity contribution in [2.24, 2.45) is 0 Å². The average Bonchev–Trinajstić information content (AvgIpc) is 3.03. The lowest BCUT2D eigenvalue weighted by molar-refractivity contribution is 0.0891. The number of hydrogen-bond donors (Lipinski definition) is 2. The molecule has 0 aliphatic carbocycles. The van der Waals surface area contributed by atoms with Crippen LogP contribution in [0.15, 0.2) is 63.9 Å². The predicted octanol–water partition coefficient (Wildman–Crippen LogP) is 3.62. The number of carbonyl (C=O) groups is 1. The molecule has 3 aromatic rings. The van der Waals surface area contributed by atoms with Crippen LogP contribution < -0.4 is 5.32 Å². The van der Waals surface area contributed by atoms with Crippen LogP contribution in [-0.2, 0) is 0 Å². The van der Waals surface area contributed by atoms with E-state index in [-0.39, 0.29) is 18.2 Å². The Morgan fingerprint density at radius 3 is 2.65 bits per heavy atom. The third-order valence-electron chi connectivity index (χ3n) is 3.61. The molecule has 0 aliphatic heterocycles. The molecule has 1 aromatic heterocycles. The van der Waals surface area contributed by atoms with E-state index in [0.717, 1.165) is 15.8 Å². The van der Waals surface area contributed by atoms with E-state index in [0.29, 0.717) is 5.58 Å². The van der Waals surface area contributed by atoms with Gasteiger partial charge in [0.25, 0.3) is 5.91 Å². The maximum absolute atomic E-state index is 12.1. The van der Waals surface area contributed by atoms with Crippen molar-refractivity contribution in [3.63, 3.8) is 0 Å². The van der Waals surface area contributed by atoms with E-state index >= 15 is 0 Å². The van der Waals surface area contributed by atoms with Crippen molar-refractivity contribution in [1.82, 2.24) is 5.32 Å². The summed E-state index contributed by atoms with van der Waals surface area (Å²) in [5.74, 6) is -0.0860. The highest BCUT2D eigenvalue weighted by molar-refractivity contribution is 7.98. The number of benzene rings is 2. The summed E-state index contributed by atoms with van der Waals surface area (Å²) in [6.07, 6.45) is 1.25. The van der Waals surface area contributed by atoms with Crippen LogP contribution in [0.1, 0.15) is 22.2 Å². The van der Waals surface area contributed by atoms with Crippen LogP contribution in [-0.4, -0.2) is 23.8 Å². The van der Waals surface area contributed by atoms with Crippen LogP contribution in [0.5, 0.6) is 0 Å². The van der Waals surface area contributed by atoms with Gasteiger partial charge in [0.15, 0.2) is 5.76 Å². The summed E-state index contributed by atoms with van der Waals surface area (Å²) in [5, 5.41) is 13.7. The SMILES string of the molecule is CSc1ccc([C@@H](O)CNC(=O)c2cc3ccccc3o2)cc1. The number of aliphatic hydroxyl groups is 1.